The molecule has 1 fully saturated rings. The molecular weight excluding hydrogens is 224 g/mol. The SMILES string of the molecule is N[C@H](CCO)[C@H]1CCCN(Cc2ccccc2)C1. The van der Waals surface area contributed by atoms with E-state index >= 15 is 0 Å². The van der Waals surface area contributed by atoms with E-state index in [-0.39, 0.29) is 12.6 Å². The van der Waals surface area contributed by atoms with Crippen molar-refractivity contribution in [3.05, 3.63) is 35.9 Å². The number of benzene rings is 1. The van der Waals surface area contributed by atoms with Gasteiger partial charge < -0.3 is 10.8 Å². The van der Waals surface area contributed by atoms with Crippen molar-refractivity contribution < 1.29 is 5.11 Å². The molecule has 0 unspecified atom stereocenters. The molecule has 0 saturated carbocycles. The van der Waals surface area contributed by atoms with Gasteiger partial charge in [-0.15, -0.1) is 0 Å². The highest BCUT2D eigenvalue weighted by Gasteiger charge is 2.24. The lowest BCUT2D eigenvalue weighted by Crippen LogP contribution is -2.43. The molecule has 3 heteroatoms. The lowest BCUT2D eigenvalue weighted by atomic mass is 9.89. The summed E-state index contributed by atoms with van der Waals surface area (Å²) in [6, 6.07) is 10.7. The van der Waals surface area contributed by atoms with Crippen LogP contribution in [0.4, 0.5) is 0 Å². The van der Waals surface area contributed by atoms with Crippen molar-refractivity contribution >= 4 is 0 Å². The zero-order valence-corrected chi connectivity index (χ0v) is 11.0. The van der Waals surface area contributed by atoms with Crippen LogP contribution in [0.1, 0.15) is 24.8 Å². The van der Waals surface area contributed by atoms with Gasteiger partial charge in [0.2, 0.25) is 0 Å². The van der Waals surface area contributed by atoms with Crippen LogP contribution in [-0.4, -0.2) is 35.7 Å². The molecule has 3 N–H and O–H groups in total. The van der Waals surface area contributed by atoms with Gasteiger partial charge in [-0.2, -0.15) is 0 Å². The maximum absolute atomic E-state index is 8.97. The minimum absolute atomic E-state index is 0.147. The molecule has 0 aromatic heterocycles. The summed E-state index contributed by atoms with van der Waals surface area (Å²) in [5.41, 5.74) is 7.50. The van der Waals surface area contributed by atoms with E-state index in [1.165, 1.54) is 18.4 Å². The van der Waals surface area contributed by atoms with Crippen LogP contribution >= 0.6 is 0 Å². The fourth-order valence-corrected chi connectivity index (χ4v) is 2.81. The van der Waals surface area contributed by atoms with Gasteiger partial charge in [0, 0.05) is 25.7 Å². The maximum Gasteiger partial charge on any atom is 0.0445 e. The summed E-state index contributed by atoms with van der Waals surface area (Å²) in [5, 5.41) is 8.97. The third kappa shape index (κ3) is 3.80. The van der Waals surface area contributed by atoms with Crippen LogP contribution < -0.4 is 5.73 Å². The van der Waals surface area contributed by atoms with Crippen molar-refractivity contribution in [3.8, 4) is 0 Å². The van der Waals surface area contributed by atoms with Crippen LogP contribution in [0.3, 0.4) is 0 Å². The quantitative estimate of drug-likeness (QED) is 0.832. The number of aliphatic hydroxyl groups excluding tert-OH is 1. The fraction of sp³-hybridized carbons (Fsp3) is 0.600. The van der Waals surface area contributed by atoms with Gasteiger partial charge in [0.1, 0.15) is 0 Å². The molecule has 0 spiro atoms. The largest absolute Gasteiger partial charge is 0.396 e. The lowest BCUT2D eigenvalue weighted by molar-refractivity contribution is 0.139. The molecule has 0 aliphatic carbocycles. The second-order valence-corrected chi connectivity index (χ2v) is 5.30. The molecule has 18 heavy (non-hydrogen) atoms. The summed E-state index contributed by atoms with van der Waals surface area (Å²) in [7, 11) is 0. The highest BCUT2D eigenvalue weighted by atomic mass is 16.3. The highest BCUT2D eigenvalue weighted by Crippen LogP contribution is 2.21. The van der Waals surface area contributed by atoms with E-state index in [0.717, 1.165) is 26.1 Å². The molecule has 1 aliphatic heterocycles. The zero-order chi connectivity index (χ0) is 12.8. The van der Waals surface area contributed by atoms with E-state index in [0.29, 0.717) is 5.92 Å². The van der Waals surface area contributed by atoms with Gasteiger partial charge in [0.15, 0.2) is 0 Å². The average Bonchev–Trinajstić information content (AvgIpc) is 2.40. The molecule has 1 saturated heterocycles. The number of likely N-dealkylation sites (tertiary alicyclic amines) is 1. The number of rotatable bonds is 5. The minimum Gasteiger partial charge on any atom is -0.396 e. The third-order valence-electron chi connectivity index (χ3n) is 3.86. The Balaban J connectivity index is 1.87. The first-order chi connectivity index (χ1) is 8.79. The first-order valence-corrected chi connectivity index (χ1v) is 6.92. The summed E-state index contributed by atoms with van der Waals surface area (Å²) in [6.45, 7) is 3.45. The van der Waals surface area contributed by atoms with Crippen LogP contribution in [0.2, 0.25) is 0 Å². The van der Waals surface area contributed by atoms with Crippen LogP contribution in [0.5, 0.6) is 0 Å². The van der Waals surface area contributed by atoms with Crippen molar-refractivity contribution in [2.24, 2.45) is 11.7 Å². The van der Waals surface area contributed by atoms with Crippen molar-refractivity contribution in [1.82, 2.24) is 4.90 Å². The molecule has 0 bridgehead atoms. The lowest BCUT2D eigenvalue weighted by Gasteiger charge is -2.35. The monoisotopic (exact) mass is 248 g/mol. The van der Waals surface area contributed by atoms with Gasteiger partial charge in [-0.05, 0) is 37.3 Å². The predicted octanol–water partition coefficient (Wildman–Crippen LogP) is 1.61. The molecule has 1 heterocycles. The normalized spacial score (nSPS) is 22.9. The first kappa shape index (κ1) is 13.5. The van der Waals surface area contributed by atoms with Gasteiger partial charge >= 0.3 is 0 Å². The van der Waals surface area contributed by atoms with Gasteiger partial charge in [0.05, 0.1) is 0 Å². The van der Waals surface area contributed by atoms with Crippen molar-refractivity contribution in [3.63, 3.8) is 0 Å². The number of piperidine rings is 1. The predicted molar refractivity (Wildman–Crippen MR) is 74.1 cm³/mol. The molecule has 1 aromatic rings. The summed E-state index contributed by atoms with van der Waals surface area (Å²) < 4.78 is 0. The number of nitrogens with zero attached hydrogens (tertiary/aromatic N) is 1. The number of nitrogens with two attached hydrogens (primary N) is 1. The van der Waals surface area contributed by atoms with Gasteiger partial charge in [0.25, 0.3) is 0 Å². The standard InChI is InChI=1S/C15H24N2O/c16-15(8-10-18)14-7-4-9-17(12-14)11-13-5-2-1-3-6-13/h1-3,5-6,14-15,18H,4,7-12,16H2/t14-,15+/m0/s1. The number of aliphatic hydroxyl groups is 1. The van der Waals surface area contributed by atoms with Crippen LogP contribution in [0, 0.1) is 5.92 Å². The third-order valence-corrected chi connectivity index (χ3v) is 3.86. The average molecular weight is 248 g/mol. The molecule has 0 radical (unpaired) electrons. The van der Waals surface area contributed by atoms with E-state index in [2.05, 4.69) is 35.2 Å². The minimum atomic E-state index is 0.147. The molecule has 2 rings (SSSR count). The van der Waals surface area contributed by atoms with Crippen molar-refractivity contribution in [2.75, 3.05) is 19.7 Å². The number of hydrogen-bond donors (Lipinski definition) is 2. The Hall–Kier alpha value is -0.900. The highest BCUT2D eigenvalue weighted by molar-refractivity contribution is 5.14. The Labute approximate surface area is 110 Å². The maximum atomic E-state index is 8.97. The molecule has 100 valence electrons. The Morgan fingerprint density at radius 1 is 1.33 bits per heavy atom. The molecular formula is C15H24N2O. The van der Waals surface area contributed by atoms with E-state index in [1.807, 2.05) is 0 Å². The van der Waals surface area contributed by atoms with Crippen LogP contribution in [0.25, 0.3) is 0 Å². The first-order valence-electron chi connectivity index (χ1n) is 6.92. The van der Waals surface area contributed by atoms with E-state index in [1.54, 1.807) is 0 Å². The van der Waals surface area contributed by atoms with Gasteiger partial charge in [-0.1, -0.05) is 30.3 Å². The Morgan fingerprint density at radius 2 is 2.11 bits per heavy atom. The second kappa shape index (κ2) is 6.88. The van der Waals surface area contributed by atoms with Crippen molar-refractivity contribution in [2.45, 2.75) is 31.8 Å². The number of hydrogen-bond acceptors (Lipinski definition) is 3. The Morgan fingerprint density at radius 3 is 2.83 bits per heavy atom. The van der Waals surface area contributed by atoms with E-state index in [4.69, 9.17) is 10.8 Å². The van der Waals surface area contributed by atoms with Crippen LogP contribution in [-0.2, 0) is 6.54 Å². The molecule has 2 atom stereocenters. The van der Waals surface area contributed by atoms with Gasteiger partial charge in [-0.25, -0.2) is 0 Å². The second-order valence-electron chi connectivity index (χ2n) is 5.30. The van der Waals surface area contributed by atoms with Gasteiger partial charge in [-0.3, -0.25) is 4.90 Å². The topological polar surface area (TPSA) is 49.5 Å². The summed E-state index contributed by atoms with van der Waals surface area (Å²) >= 11 is 0. The molecule has 1 aromatic carbocycles. The summed E-state index contributed by atoms with van der Waals surface area (Å²) in [4.78, 5) is 2.49. The van der Waals surface area contributed by atoms with Crippen LogP contribution in [0.15, 0.2) is 30.3 Å². The summed E-state index contributed by atoms with van der Waals surface area (Å²) in [5.74, 6) is 0.537. The van der Waals surface area contributed by atoms with E-state index < -0.39 is 0 Å². The fourth-order valence-electron chi connectivity index (χ4n) is 2.81. The Bertz CT molecular complexity index is 342. The smallest absolute Gasteiger partial charge is 0.0445 e. The molecule has 3 nitrogen and oxygen atoms in total. The molecule has 0 amide bonds. The zero-order valence-electron chi connectivity index (χ0n) is 11.0. The van der Waals surface area contributed by atoms with E-state index in [9.17, 15) is 0 Å². The van der Waals surface area contributed by atoms with Crippen molar-refractivity contribution in [1.29, 1.82) is 0 Å². The molecule has 1 aliphatic rings. The Kier molecular flexibility index (Phi) is 5.17. The summed E-state index contributed by atoms with van der Waals surface area (Å²) in [6.07, 6.45) is 3.15.